The minimum atomic E-state index is -0.813. The Morgan fingerprint density at radius 3 is 1.84 bits per heavy atom. The van der Waals surface area contributed by atoms with E-state index in [4.69, 9.17) is 4.74 Å². The van der Waals surface area contributed by atoms with Crippen molar-refractivity contribution in [1.82, 2.24) is 0 Å². The zero-order valence-corrected chi connectivity index (χ0v) is 22.4. The molecule has 0 amide bonds. The second kappa shape index (κ2) is 13.9. The number of aliphatic hydroxyl groups excluding tert-OH is 3. The SMILES string of the molecule is CCCCC[C@H](O)/C=C/[C@H]1[C@H](CCOC(c2ccccc2)(c2ccccc2)c2ccccc2)[C@@H](O)C[C@H]1O. The van der Waals surface area contributed by atoms with Crippen molar-refractivity contribution in [3.8, 4) is 0 Å². The fourth-order valence-corrected chi connectivity index (χ4v) is 5.85. The van der Waals surface area contributed by atoms with Crippen LogP contribution in [0.15, 0.2) is 103 Å². The third-order valence-electron chi connectivity index (χ3n) is 7.89. The molecule has 3 aromatic carbocycles. The largest absolute Gasteiger partial charge is 0.393 e. The number of rotatable bonds is 13. The van der Waals surface area contributed by atoms with Gasteiger partial charge in [-0.15, -0.1) is 0 Å². The van der Waals surface area contributed by atoms with Gasteiger partial charge in [0.1, 0.15) is 5.60 Å². The van der Waals surface area contributed by atoms with Crippen molar-refractivity contribution in [2.45, 2.75) is 69.4 Å². The standard InChI is InChI=1S/C34H42O4/c1-2-3-7-20-29(35)21-22-30-31(33(37)25-32(30)36)23-24-38-34(26-14-8-4-9-15-26,27-16-10-5-11-17-27)28-18-12-6-13-19-28/h4-6,8-19,21-22,29-33,35-37H,2-3,7,20,23-25H2,1H3/b22-21+/t29-,30-,31-,32+,33-/m0/s1. The summed E-state index contributed by atoms with van der Waals surface area (Å²) in [5.74, 6) is -0.363. The van der Waals surface area contributed by atoms with E-state index in [1.165, 1.54) is 0 Å². The van der Waals surface area contributed by atoms with Crippen LogP contribution in [-0.2, 0) is 10.3 Å². The molecule has 4 rings (SSSR count). The first-order chi connectivity index (χ1) is 18.6. The molecule has 3 aromatic rings. The van der Waals surface area contributed by atoms with Gasteiger partial charge in [-0.05, 0) is 35.4 Å². The minimum absolute atomic E-state index is 0.149. The fraction of sp³-hybridized carbons (Fsp3) is 0.412. The van der Waals surface area contributed by atoms with Crippen molar-refractivity contribution in [1.29, 1.82) is 0 Å². The molecule has 0 spiro atoms. The zero-order chi connectivity index (χ0) is 26.8. The smallest absolute Gasteiger partial charge is 0.143 e. The van der Waals surface area contributed by atoms with Gasteiger partial charge < -0.3 is 20.1 Å². The second-order valence-electron chi connectivity index (χ2n) is 10.5. The first kappa shape index (κ1) is 28.3. The van der Waals surface area contributed by atoms with E-state index >= 15 is 0 Å². The van der Waals surface area contributed by atoms with Gasteiger partial charge in [-0.1, -0.05) is 129 Å². The van der Waals surface area contributed by atoms with Crippen molar-refractivity contribution in [2.24, 2.45) is 11.8 Å². The Hall–Kier alpha value is -2.76. The molecular weight excluding hydrogens is 472 g/mol. The summed E-state index contributed by atoms with van der Waals surface area (Å²) in [6.07, 6.45) is 6.80. The average molecular weight is 515 g/mol. The van der Waals surface area contributed by atoms with Crippen LogP contribution in [0.2, 0.25) is 0 Å². The summed E-state index contributed by atoms with van der Waals surface area (Å²) in [5, 5.41) is 31.9. The lowest BCUT2D eigenvalue weighted by molar-refractivity contribution is -0.00563. The summed E-state index contributed by atoms with van der Waals surface area (Å²) in [5.41, 5.74) is 2.30. The van der Waals surface area contributed by atoms with E-state index in [2.05, 4.69) is 43.3 Å². The first-order valence-corrected chi connectivity index (χ1v) is 14.1. The van der Waals surface area contributed by atoms with Crippen LogP contribution in [0.5, 0.6) is 0 Å². The van der Waals surface area contributed by atoms with Gasteiger partial charge >= 0.3 is 0 Å². The van der Waals surface area contributed by atoms with Crippen LogP contribution in [0.3, 0.4) is 0 Å². The molecule has 0 heterocycles. The predicted octanol–water partition coefficient (Wildman–Crippen LogP) is 6.24. The molecule has 1 saturated carbocycles. The molecule has 4 nitrogen and oxygen atoms in total. The monoisotopic (exact) mass is 514 g/mol. The average Bonchev–Trinajstić information content (AvgIpc) is 3.23. The van der Waals surface area contributed by atoms with Crippen LogP contribution in [0, 0.1) is 11.8 Å². The normalized spacial score (nSPS) is 22.6. The van der Waals surface area contributed by atoms with Gasteiger partial charge in [0.2, 0.25) is 0 Å². The van der Waals surface area contributed by atoms with Crippen LogP contribution in [0.4, 0.5) is 0 Å². The number of benzene rings is 3. The second-order valence-corrected chi connectivity index (χ2v) is 10.5. The first-order valence-electron chi connectivity index (χ1n) is 14.1. The highest BCUT2D eigenvalue weighted by Gasteiger charge is 2.42. The molecule has 0 aromatic heterocycles. The van der Waals surface area contributed by atoms with Crippen LogP contribution in [0.25, 0.3) is 0 Å². The molecule has 0 bridgehead atoms. The summed E-state index contributed by atoms with van der Waals surface area (Å²) >= 11 is 0. The van der Waals surface area contributed by atoms with E-state index in [0.717, 1.165) is 42.4 Å². The van der Waals surface area contributed by atoms with Gasteiger partial charge in [0.05, 0.1) is 18.3 Å². The molecular formula is C34H42O4. The van der Waals surface area contributed by atoms with Crippen LogP contribution >= 0.6 is 0 Å². The van der Waals surface area contributed by atoms with Gasteiger partial charge in [-0.25, -0.2) is 0 Å². The predicted molar refractivity (Wildman–Crippen MR) is 153 cm³/mol. The Kier molecular flexibility index (Phi) is 10.3. The van der Waals surface area contributed by atoms with Crippen LogP contribution in [0.1, 0.15) is 62.1 Å². The molecule has 202 valence electrons. The highest BCUT2D eigenvalue weighted by molar-refractivity contribution is 5.47. The summed E-state index contributed by atoms with van der Waals surface area (Å²) in [4.78, 5) is 0. The highest BCUT2D eigenvalue weighted by Crippen LogP contribution is 2.42. The molecule has 0 saturated heterocycles. The third kappa shape index (κ3) is 6.62. The number of aliphatic hydroxyl groups is 3. The van der Waals surface area contributed by atoms with Gasteiger partial charge in [0.25, 0.3) is 0 Å². The molecule has 0 radical (unpaired) electrons. The molecule has 4 heteroatoms. The molecule has 1 aliphatic carbocycles. The van der Waals surface area contributed by atoms with E-state index in [0.29, 0.717) is 19.4 Å². The highest BCUT2D eigenvalue weighted by atomic mass is 16.5. The van der Waals surface area contributed by atoms with E-state index in [-0.39, 0.29) is 11.8 Å². The summed E-state index contributed by atoms with van der Waals surface area (Å²) in [6.45, 7) is 2.55. The van der Waals surface area contributed by atoms with Crippen molar-refractivity contribution in [3.05, 3.63) is 120 Å². The Bertz CT molecular complexity index is 1000. The minimum Gasteiger partial charge on any atom is -0.393 e. The number of ether oxygens (including phenoxy) is 1. The molecule has 5 atom stereocenters. The maximum atomic E-state index is 10.8. The van der Waals surface area contributed by atoms with Crippen molar-refractivity contribution >= 4 is 0 Å². The quantitative estimate of drug-likeness (QED) is 0.143. The fourth-order valence-electron chi connectivity index (χ4n) is 5.85. The zero-order valence-electron chi connectivity index (χ0n) is 22.4. The van der Waals surface area contributed by atoms with E-state index in [1.807, 2.05) is 60.7 Å². The summed E-state index contributed by atoms with van der Waals surface area (Å²) in [6, 6.07) is 30.8. The van der Waals surface area contributed by atoms with Crippen molar-refractivity contribution in [3.63, 3.8) is 0 Å². The lowest BCUT2D eigenvalue weighted by atomic mass is 9.80. The molecule has 1 fully saturated rings. The Labute approximate surface area is 227 Å². The van der Waals surface area contributed by atoms with Crippen molar-refractivity contribution < 1.29 is 20.1 Å². The van der Waals surface area contributed by atoms with E-state index in [9.17, 15) is 15.3 Å². The molecule has 0 aliphatic heterocycles. The topological polar surface area (TPSA) is 69.9 Å². The maximum absolute atomic E-state index is 10.8. The van der Waals surface area contributed by atoms with E-state index < -0.39 is 23.9 Å². The maximum Gasteiger partial charge on any atom is 0.143 e. The Morgan fingerprint density at radius 2 is 1.34 bits per heavy atom. The summed E-state index contributed by atoms with van der Waals surface area (Å²) in [7, 11) is 0. The molecule has 0 unspecified atom stereocenters. The molecule has 38 heavy (non-hydrogen) atoms. The number of hydrogen-bond acceptors (Lipinski definition) is 4. The number of hydrogen-bond donors (Lipinski definition) is 3. The lowest BCUT2D eigenvalue weighted by Gasteiger charge is -2.36. The van der Waals surface area contributed by atoms with Crippen LogP contribution in [-0.4, -0.2) is 40.2 Å². The summed E-state index contributed by atoms with van der Waals surface area (Å²) < 4.78 is 6.91. The van der Waals surface area contributed by atoms with Crippen LogP contribution < -0.4 is 0 Å². The van der Waals surface area contributed by atoms with Gasteiger partial charge in [-0.2, -0.15) is 0 Å². The Balaban J connectivity index is 1.57. The third-order valence-corrected chi connectivity index (χ3v) is 7.89. The van der Waals surface area contributed by atoms with E-state index in [1.54, 1.807) is 6.08 Å². The van der Waals surface area contributed by atoms with Crippen molar-refractivity contribution in [2.75, 3.05) is 6.61 Å². The lowest BCUT2D eigenvalue weighted by Crippen LogP contribution is -2.34. The molecule has 1 aliphatic rings. The van der Waals surface area contributed by atoms with Gasteiger partial charge in [-0.3, -0.25) is 0 Å². The molecule has 3 N–H and O–H groups in total. The van der Waals surface area contributed by atoms with Gasteiger partial charge in [0.15, 0.2) is 0 Å². The Morgan fingerprint density at radius 1 is 0.816 bits per heavy atom. The van der Waals surface area contributed by atoms with Gasteiger partial charge in [0, 0.05) is 18.9 Å². The number of unbranched alkanes of at least 4 members (excludes halogenated alkanes) is 2.